The third-order valence-corrected chi connectivity index (χ3v) is 6.08. The minimum absolute atomic E-state index is 0.0336. The predicted molar refractivity (Wildman–Crippen MR) is 122 cm³/mol. The van der Waals surface area contributed by atoms with Gasteiger partial charge >= 0.3 is 0 Å². The average Bonchev–Trinajstić information content (AvgIpc) is 2.74. The smallest absolute Gasteiger partial charge is 0.264 e. The highest BCUT2D eigenvalue weighted by Gasteiger charge is 2.23. The van der Waals surface area contributed by atoms with Crippen LogP contribution in [0.25, 0.3) is 11.0 Å². The van der Waals surface area contributed by atoms with Gasteiger partial charge in [0.2, 0.25) is 5.82 Å². The van der Waals surface area contributed by atoms with Crippen LogP contribution >= 0.6 is 0 Å². The lowest BCUT2D eigenvalue weighted by molar-refractivity contribution is 0.442. The van der Waals surface area contributed by atoms with Crippen LogP contribution in [-0.2, 0) is 15.4 Å². The number of benzene rings is 3. The van der Waals surface area contributed by atoms with Crippen LogP contribution in [0.15, 0.2) is 83.8 Å². The summed E-state index contributed by atoms with van der Waals surface area (Å²) in [6.07, 6.45) is 0. The number of nitrogens with zero attached hydrogens (tertiary/aromatic N) is 2. The van der Waals surface area contributed by atoms with E-state index in [0.717, 1.165) is 5.56 Å². The van der Waals surface area contributed by atoms with Gasteiger partial charge in [-0.1, -0.05) is 69.3 Å². The first-order valence-corrected chi connectivity index (χ1v) is 11.3. The van der Waals surface area contributed by atoms with Crippen molar-refractivity contribution in [3.63, 3.8) is 0 Å². The Kier molecular flexibility index (Phi) is 5.37. The van der Waals surface area contributed by atoms with Crippen LogP contribution in [0.4, 0.5) is 5.82 Å². The second-order valence-electron chi connectivity index (χ2n) is 8.13. The third kappa shape index (κ3) is 4.51. The topological polar surface area (TPSA) is 81.2 Å². The van der Waals surface area contributed by atoms with E-state index in [2.05, 4.69) is 35.5 Å². The number of fused-ring (bicyclic) bond motifs is 1. The number of hydrogen-bond donors (Lipinski definition) is 1. The number of rotatable bonds is 5. The molecule has 0 aliphatic carbocycles. The van der Waals surface area contributed by atoms with Gasteiger partial charge < -0.3 is 4.74 Å². The van der Waals surface area contributed by atoms with Crippen molar-refractivity contribution in [1.82, 2.24) is 9.97 Å². The molecule has 31 heavy (non-hydrogen) atoms. The standard InChI is InChI=1S/C24H23N3O3S/c1-24(2,3)18-13-7-10-16-21(18)30-23-22(25-19-14-8-9-15-20(19)26-23)27-31(28,29)17-11-5-4-6-12-17/h4-16H,1-3H3,(H,25,27). The van der Waals surface area contributed by atoms with Gasteiger partial charge in [-0.15, -0.1) is 0 Å². The molecule has 158 valence electrons. The number of sulfonamides is 1. The van der Waals surface area contributed by atoms with Gasteiger partial charge in [0.05, 0.1) is 15.9 Å². The quantitative estimate of drug-likeness (QED) is 0.448. The fourth-order valence-electron chi connectivity index (χ4n) is 3.19. The van der Waals surface area contributed by atoms with Crippen molar-refractivity contribution in [1.29, 1.82) is 0 Å². The molecule has 0 amide bonds. The van der Waals surface area contributed by atoms with Gasteiger partial charge in [-0.2, -0.15) is 0 Å². The molecule has 0 spiro atoms. The van der Waals surface area contributed by atoms with Gasteiger partial charge in [0, 0.05) is 5.56 Å². The highest BCUT2D eigenvalue weighted by Crippen LogP contribution is 2.36. The molecule has 0 fully saturated rings. The Labute approximate surface area is 182 Å². The van der Waals surface area contributed by atoms with E-state index < -0.39 is 10.0 Å². The molecule has 0 saturated carbocycles. The van der Waals surface area contributed by atoms with Crippen LogP contribution in [0.5, 0.6) is 11.6 Å². The van der Waals surface area contributed by atoms with E-state index in [1.54, 1.807) is 30.3 Å². The van der Waals surface area contributed by atoms with E-state index in [4.69, 9.17) is 4.74 Å². The Balaban J connectivity index is 1.82. The van der Waals surface area contributed by atoms with Crippen LogP contribution in [0.1, 0.15) is 26.3 Å². The molecule has 6 nitrogen and oxygen atoms in total. The van der Waals surface area contributed by atoms with Crippen molar-refractivity contribution in [3.8, 4) is 11.6 Å². The van der Waals surface area contributed by atoms with E-state index >= 15 is 0 Å². The van der Waals surface area contributed by atoms with Gasteiger partial charge in [-0.25, -0.2) is 18.4 Å². The second kappa shape index (κ2) is 8.00. The molecule has 0 atom stereocenters. The normalized spacial score (nSPS) is 12.0. The molecular formula is C24H23N3O3S. The summed E-state index contributed by atoms with van der Waals surface area (Å²) in [6.45, 7) is 6.25. The van der Waals surface area contributed by atoms with Crippen molar-refractivity contribution < 1.29 is 13.2 Å². The first-order valence-electron chi connectivity index (χ1n) is 9.86. The van der Waals surface area contributed by atoms with E-state index in [-0.39, 0.29) is 22.0 Å². The highest BCUT2D eigenvalue weighted by atomic mass is 32.2. The largest absolute Gasteiger partial charge is 0.436 e. The lowest BCUT2D eigenvalue weighted by Gasteiger charge is -2.22. The molecule has 0 bridgehead atoms. The van der Waals surface area contributed by atoms with Gasteiger partial charge in [0.15, 0.2) is 0 Å². The fourth-order valence-corrected chi connectivity index (χ4v) is 4.21. The molecule has 0 unspecified atom stereocenters. The molecule has 0 aliphatic rings. The Morgan fingerprint density at radius 3 is 2.03 bits per heavy atom. The van der Waals surface area contributed by atoms with Gasteiger partial charge in [0.25, 0.3) is 15.9 Å². The molecule has 0 aliphatic heterocycles. The van der Waals surface area contributed by atoms with Crippen LogP contribution in [0.2, 0.25) is 0 Å². The van der Waals surface area contributed by atoms with Crippen molar-refractivity contribution in [2.24, 2.45) is 0 Å². The number of hydrogen-bond acceptors (Lipinski definition) is 5. The average molecular weight is 434 g/mol. The minimum atomic E-state index is -3.87. The summed E-state index contributed by atoms with van der Waals surface area (Å²) in [5, 5.41) is 0. The van der Waals surface area contributed by atoms with Crippen LogP contribution < -0.4 is 9.46 Å². The highest BCUT2D eigenvalue weighted by molar-refractivity contribution is 7.92. The maximum Gasteiger partial charge on any atom is 0.264 e. The molecule has 4 aromatic rings. The number of nitrogens with one attached hydrogen (secondary N) is 1. The number of anilines is 1. The Morgan fingerprint density at radius 2 is 1.35 bits per heavy atom. The summed E-state index contributed by atoms with van der Waals surface area (Å²) in [5.41, 5.74) is 1.96. The maximum absolute atomic E-state index is 12.9. The number of ether oxygens (including phenoxy) is 1. The van der Waals surface area contributed by atoms with Crippen LogP contribution in [-0.4, -0.2) is 18.4 Å². The molecule has 1 heterocycles. The molecule has 1 aromatic heterocycles. The third-order valence-electron chi connectivity index (χ3n) is 4.72. The van der Waals surface area contributed by atoms with Crippen molar-refractivity contribution >= 4 is 26.9 Å². The molecular weight excluding hydrogens is 410 g/mol. The Morgan fingerprint density at radius 1 is 0.774 bits per heavy atom. The lowest BCUT2D eigenvalue weighted by atomic mass is 9.86. The summed E-state index contributed by atoms with van der Waals surface area (Å²) in [7, 11) is -3.87. The first kappa shape index (κ1) is 20.8. The molecule has 1 N–H and O–H groups in total. The van der Waals surface area contributed by atoms with Gasteiger partial charge in [-0.3, -0.25) is 4.72 Å². The summed E-state index contributed by atoms with van der Waals surface area (Å²) in [5.74, 6) is 0.723. The summed E-state index contributed by atoms with van der Waals surface area (Å²) < 4.78 is 34.6. The van der Waals surface area contributed by atoms with Crippen molar-refractivity contribution in [2.45, 2.75) is 31.1 Å². The zero-order valence-electron chi connectivity index (χ0n) is 17.5. The lowest BCUT2D eigenvalue weighted by Crippen LogP contribution is -2.16. The fraction of sp³-hybridized carbons (Fsp3) is 0.167. The Bertz CT molecular complexity index is 1330. The summed E-state index contributed by atoms with van der Waals surface area (Å²) in [6, 6.07) is 23.0. The maximum atomic E-state index is 12.9. The van der Waals surface area contributed by atoms with E-state index in [0.29, 0.717) is 16.8 Å². The predicted octanol–water partition coefficient (Wildman–Crippen LogP) is 5.52. The molecule has 0 saturated heterocycles. The zero-order valence-corrected chi connectivity index (χ0v) is 18.3. The van der Waals surface area contributed by atoms with Gasteiger partial charge in [0.1, 0.15) is 5.75 Å². The minimum Gasteiger partial charge on any atom is -0.436 e. The SMILES string of the molecule is CC(C)(C)c1ccccc1Oc1nc2ccccc2nc1NS(=O)(=O)c1ccccc1. The van der Waals surface area contributed by atoms with Crippen molar-refractivity contribution in [3.05, 3.63) is 84.4 Å². The zero-order chi connectivity index (χ0) is 22.1. The van der Waals surface area contributed by atoms with E-state index in [1.165, 1.54) is 12.1 Å². The monoisotopic (exact) mass is 433 g/mol. The number of aromatic nitrogens is 2. The number of para-hydroxylation sites is 3. The van der Waals surface area contributed by atoms with E-state index in [9.17, 15) is 8.42 Å². The molecule has 4 rings (SSSR count). The molecule has 0 radical (unpaired) electrons. The first-order chi connectivity index (χ1) is 14.7. The van der Waals surface area contributed by atoms with Crippen LogP contribution in [0, 0.1) is 0 Å². The van der Waals surface area contributed by atoms with Gasteiger partial charge in [-0.05, 0) is 35.7 Å². The Hall–Kier alpha value is -3.45. The van der Waals surface area contributed by atoms with E-state index in [1.807, 2.05) is 36.4 Å². The van der Waals surface area contributed by atoms with Crippen LogP contribution in [0.3, 0.4) is 0 Å². The molecule has 3 aromatic carbocycles. The van der Waals surface area contributed by atoms with Crippen molar-refractivity contribution in [2.75, 3.05) is 4.72 Å². The summed E-state index contributed by atoms with van der Waals surface area (Å²) in [4.78, 5) is 9.19. The second-order valence-corrected chi connectivity index (χ2v) is 9.82. The molecule has 7 heteroatoms. The summed E-state index contributed by atoms with van der Waals surface area (Å²) >= 11 is 0.